The standard InChI is InChI=1S/C11H16N2O3/c1-11(16,10(14)15)8-13-7-4-9-2-5-12-6-3-9/h2-3,5-6,13,16H,4,7-8H2,1H3,(H,14,15). The minimum Gasteiger partial charge on any atom is -0.479 e. The number of pyridine rings is 1. The smallest absolute Gasteiger partial charge is 0.336 e. The van der Waals surface area contributed by atoms with E-state index in [4.69, 9.17) is 5.11 Å². The van der Waals surface area contributed by atoms with Crippen LogP contribution in [0.25, 0.3) is 0 Å². The highest BCUT2D eigenvalue weighted by Gasteiger charge is 2.28. The second-order valence-electron chi connectivity index (χ2n) is 3.86. The highest BCUT2D eigenvalue weighted by atomic mass is 16.4. The van der Waals surface area contributed by atoms with E-state index in [-0.39, 0.29) is 6.54 Å². The van der Waals surface area contributed by atoms with E-state index in [2.05, 4.69) is 10.3 Å². The average molecular weight is 224 g/mol. The maximum atomic E-state index is 10.6. The van der Waals surface area contributed by atoms with E-state index < -0.39 is 11.6 Å². The average Bonchev–Trinajstić information content (AvgIpc) is 2.26. The van der Waals surface area contributed by atoms with Gasteiger partial charge in [-0.3, -0.25) is 4.98 Å². The molecule has 1 aromatic rings. The van der Waals surface area contributed by atoms with Gasteiger partial charge in [0.15, 0.2) is 5.60 Å². The topological polar surface area (TPSA) is 82.5 Å². The summed E-state index contributed by atoms with van der Waals surface area (Å²) in [5, 5.41) is 21.0. The molecule has 5 nitrogen and oxygen atoms in total. The van der Waals surface area contributed by atoms with Crippen LogP contribution in [-0.2, 0) is 11.2 Å². The Morgan fingerprint density at radius 1 is 1.50 bits per heavy atom. The van der Waals surface area contributed by atoms with Crippen molar-refractivity contribution in [1.29, 1.82) is 0 Å². The molecule has 0 aliphatic heterocycles. The second kappa shape index (κ2) is 5.58. The van der Waals surface area contributed by atoms with E-state index in [0.717, 1.165) is 12.0 Å². The summed E-state index contributed by atoms with van der Waals surface area (Å²) in [4.78, 5) is 14.5. The molecule has 0 aliphatic rings. The minimum atomic E-state index is -1.71. The lowest BCUT2D eigenvalue weighted by molar-refractivity contribution is -0.156. The summed E-state index contributed by atoms with van der Waals surface area (Å²) in [6.07, 6.45) is 4.20. The number of hydrogen-bond acceptors (Lipinski definition) is 4. The second-order valence-corrected chi connectivity index (χ2v) is 3.86. The van der Waals surface area contributed by atoms with Crippen LogP contribution >= 0.6 is 0 Å². The molecule has 0 saturated carbocycles. The lowest BCUT2D eigenvalue weighted by atomic mass is 10.1. The first-order valence-corrected chi connectivity index (χ1v) is 5.08. The van der Waals surface area contributed by atoms with E-state index in [1.807, 2.05) is 12.1 Å². The first-order valence-electron chi connectivity index (χ1n) is 5.08. The van der Waals surface area contributed by atoms with Gasteiger partial charge in [-0.2, -0.15) is 0 Å². The monoisotopic (exact) mass is 224 g/mol. The van der Waals surface area contributed by atoms with Gasteiger partial charge in [0, 0.05) is 18.9 Å². The Kier molecular flexibility index (Phi) is 4.39. The van der Waals surface area contributed by atoms with E-state index in [9.17, 15) is 9.90 Å². The van der Waals surface area contributed by atoms with Crippen molar-refractivity contribution in [2.45, 2.75) is 18.9 Å². The van der Waals surface area contributed by atoms with Gasteiger partial charge in [-0.25, -0.2) is 4.79 Å². The van der Waals surface area contributed by atoms with Gasteiger partial charge >= 0.3 is 5.97 Å². The molecule has 0 radical (unpaired) electrons. The maximum absolute atomic E-state index is 10.6. The summed E-state index contributed by atoms with van der Waals surface area (Å²) in [5.41, 5.74) is -0.587. The Morgan fingerprint density at radius 2 is 2.12 bits per heavy atom. The van der Waals surface area contributed by atoms with Gasteiger partial charge in [0.2, 0.25) is 0 Å². The summed E-state index contributed by atoms with van der Waals surface area (Å²) in [6.45, 7) is 1.93. The molecular formula is C11H16N2O3. The lowest BCUT2D eigenvalue weighted by Gasteiger charge is -2.18. The molecule has 0 spiro atoms. The molecule has 0 fully saturated rings. The molecular weight excluding hydrogens is 208 g/mol. The summed E-state index contributed by atoms with van der Waals surface area (Å²) in [7, 11) is 0. The van der Waals surface area contributed by atoms with Crippen molar-refractivity contribution in [1.82, 2.24) is 10.3 Å². The van der Waals surface area contributed by atoms with E-state index in [1.54, 1.807) is 12.4 Å². The van der Waals surface area contributed by atoms with Crippen LogP contribution in [-0.4, -0.2) is 39.9 Å². The van der Waals surface area contributed by atoms with Crippen molar-refractivity contribution in [3.05, 3.63) is 30.1 Å². The van der Waals surface area contributed by atoms with Gasteiger partial charge in [0.25, 0.3) is 0 Å². The zero-order chi connectivity index (χ0) is 12.0. The van der Waals surface area contributed by atoms with Crippen molar-refractivity contribution < 1.29 is 15.0 Å². The molecule has 1 atom stereocenters. The number of rotatable bonds is 6. The number of aliphatic carboxylic acids is 1. The summed E-state index contributed by atoms with van der Waals surface area (Å²) in [6, 6.07) is 3.80. The van der Waals surface area contributed by atoms with Gasteiger partial charge in [-0.15, -0.1) is 0 Å². The third kappa shape index (κ3) is 3.96. The Bertz CT molecular complexity index is 338. The highest BCUT2D eigenvalue weighted by Crippen LogP contribution is 2.01. The van der Waals surface area contributed by atoms with E-state index >= 15 is 0 Å². The SMILES string of the molecule is CC(O)(CNCCc1ccncc1)C(=O)O. The summed E-state index contributed by atoms with van der Waals surface area (Å²) >= 11 is 0. The number of nitrogens with zero attached hydrogens (tertiary/aromatic N) is 1. The molecule has 16 heavy (non-hydrogen) atoms. The summed E-state index contributed by atoms with van der Waals surface area (Å²) in [5.74, 6) is -1.22. The Morgan fingerprint density at radius 3 is 2.69 bits per heavy atom. The van der Waals surface area contributed by atoms with Crippen LogP contribution in [0.15, 0.2) is 24.5 Å². The van der Waals surface area contributed by atoms with E-state index in [1.165, 1.54) is 6.92 Å². The van der Waals surface area contributed by atoms with Gasteiger partial charge in [-0.1, -0.05) is 0 Å². The van der Waals surface area contributed by atoms with Crippen LogP contribution in [0.4, 0.5) is 0 Å². The van der Waals surface area contributed by atoms with Crippen LogP contribution in [0, 0.1) is 0 Å². The molecule has 0 aliphatic carbocycles. The number of carbonyl (C=O) groups is 1. The molecule has 5 heteroatoms. The molecule has 0 bridgehead atoms. The number of carboxylic acids is 1. The van der Waals surface area contributed by atoms with Gasteiger partial charge < -0.3 is 15.5 Å². The van der Waals surface area contributed by atoms with E-state index in [0.29, 0.717) is 6.54 Å². The molecule has 88 valence electrons. The Labute approximate surface area is 94.1 Å². The first-order chi connectivity index (χ1) is 7.52. The first kappa shape index (κ1) is 12.6. The summed E-state index contributed by atoms with van der Waals surface area (Å²) < 4.78 is 0. The molecule has 0 amide bonds. The zero-order valence-corrected chi connectivity index (χ0v) is 9.18. The zero-order valence-electron chi connectivity index (χ0n) is 9.18. The highest BCUT2D eigenvalue weighted by molar-refractivity contribution is 5.76. The third-order valence-electron chi connectivity index (χ3n) is 2.27. The van der Waals surface area contributed by atoms with Crippen molar-refractivity contribution in [3.63, 3.8) is 0 Å². The third-order valence-corrected chi connectivity index (χ3v) is 2.27. The van der Waals surface area contributed by atoms with Crippen LogP contribution in [0.2, 0.25) is 0 Å². The largest absolute Gasteiger partial charge is 0.479 e. The number of aliphatic hydroxyl groups is 1. The minimum absolute atomic E-state index is 0.0351. The number of hydrogen-bond donors (Lipinski definition) is 3. The van der Waals surface area contributed by atoms with Crippen LogP contribution in [0.3, 0.4) is 0 Å². The Balaban J connectivity index is 2.25. The molecule has 3 N–H and O–H groups in total. The lowest BCUT2D eigenvalue weighted by Crippen LogP contribution is -2.45. The molecule has 1 heterocycles. The van der Waals surface area contributed by atoms with Gasteiger partial charge in [0.05, 0.1) is 0 Å². The molecule has 1 aromatic heterocycles. The fourth-order valence-electron chi connectivity index (χ4n) is 1.19. The predicted molar refractivity (Wildman–Crippen MR) is 59.1 cm³/mol. The van der Waals surface area contributed by atoms with Crippen LogP contribution in [0.5, 0.6) is 0 Å². The molecule has 0 saturated heterocycles. The fraction of sp³-hybridized carbons (Fsp3) is 0.455. The van der Waals surface area contributed by atoms with Crippen LogP contribution < -0.4 is 5.32 Å². The van der Waals surface area contributed by atoms with Gasteiger partial charge in [-0.05, 0) is 37.6 Å². The number of aromatic nitrogens is 1. The number of carboxylic acid groups (broad SMARTS) is 1. The fourth-order valence-corrected chi connectivity index (χ4v) is 1.19. The predicted octanol–water partition coefficient (Wildman–Crippen LogP) is 0.0493. The molecule has 1 unspecified atom stereocenters. The van der Waals surface area contributed by atoms with Crippen molar-refractivity contribution in [2.75, 3.05) is 13.1 Å². The van der Waals surface area contributed by atoms with Crippen molar-refractivity contribution in [2.24, 2.45) is 0 Å². The van der Waals surface area contributed by atoms with Crippen molar-refractivity contribution in [3.8, 4) is 0 Å². The normalized spacial score (nSPS) is 14.4. The van der Waals surface area contributed by atoms with Crippen molar-refractivity contribution >= 4 is 5.97 Å². The number of nitrogens with one attached hydrogen (secondary N) is 1. The van der Waals surface area contributed by atoms with Gasteiger partial charge in [0.1, 0.15) is 0 Å². The molecule has 0 aromatic carbocycles. The molecule has 1 rings (SSSR count). The maximum Gasteiger partial charge on any atom is 0.336 e. The Hall–Kier alpha value is -1.46. The quantitative estimate of drug-likeness (QED) is 0.595. The van der Waals surface area contributed by atoms with Crippen LogP contribution in [0.1, 0.15) is 12.5 Å².